The molecule has 0 radical (unpaired) electrons. The van der Waals surface area contributed by atoms with Gasteiger partial charge in [0, 0.05) is 35.5 Å². The Bertz CT molecular complexity index is 558. The Balaban J connectivity index is 2.11. The summed E-state index contributed by atoms with van der Waals surface area (Å²) in [7, 11) is 0. The summed E-state index contributed by atoms with van der Waals surface area (Å²) in [5.41, 5.74) is 1.47. The van der Waals surface area contributed by atoms with Gasteiger partial charge in [-0.25, -0.2) is 4.98 Å². The molecule has 0 spiro atoms. The van der Waals surface area contributed by atoms with Crippen LogP contribution in [0.25, 0.3) is 0 Å². The number of rotatable bonds is 5. The van der Waals surface area contributed by atoms with Crippen LogP contribution in [0.5, 0.6) is 0 Å². The van der Waals surface area contributed by atoms with Crippen molar-refractivity contribution in [1.29, 1.82) is 0 Å². The van der Waals surface area contributed by atoms with Crippen molar-refractivity contribution >= 4 is 15.9 Å². The molecule has 1 N–H and O–H groups in total. The summed E-state index contributed by atoms with van der Waals surface area (Å²) < 4.78 is 3.26. The van der Waals surface area contributed by atoms with Gasteiger partial charge < -0.3 is 9.88 Å². The Morgan fingerprint density at radius 3 is 2.67 bits per heavy atom. The molecule has 21 heavy (non-hydrogen) atoms. The average Bonchev–Trinajstić information content (AvgIpc) is 2.89. The van der Waals surface area contributed by atoms with E-state index in [1.54, 1.807) is 0 Å². The van der Waals surface area contributed by atoms with Gasteiger partial charge in [0.25, 0.3) is 0 Å². The lowest BCUT2D eigenvalue weighted by Crippen LogP contribution is -2.44. The molecule has 0 aliphatic carbocycles. The topological polar surface area (TPSA) is 29.9 Å². The normalized spacial score (nSPS) is 14.9. The highest BCUT2D eigenvalue weighted by Gasteiger charge is 2.26. The van der Waals surface area contributed by atoms with Gasteiger partial charge in [-0.2, -0.15) is 0 Å². The second kappa shape index (κ2) is 6.75. The van der Waals surface area contributed by atoms with Crippen LogP contribution in [-0.2, 0) is 6.54 Å². The van der Waals surface area contributed by atoms with Crippen LogP contribution in [0.1, 0.15) is 39.3 Å². The van der Waals surface area contributed by atoms with E-state index < -0.39 is 0 Å². The van der Waals surface area contributed by atoms with Crippen LogP contribution >= 0.6 is 15.9 Å². The number of hydrogen-bond acceptors (Lipinski definition) is 2. The predicted molar refractivity (Wildman–Crippen MR) is 91.2 cm³/mol. The molecule has 4 heteroatoms. The van der Waals surface area contributed by atoms with Gasteiger partial charge in [0.15, 0.2) is 0 Å². The van der Waals surface area contributed by atoms with E-state index in [1.807, 2.05) is 18.7 Å². The van der Waals surface area contributed by atoms with E-state index in [1.165, 1.54) is 5.56 Å². The maximum atomic E-state index is 4.14. The largest absolute Gasteiger partial charge is 0.336 e. The molecule has 0 bridgehead atoms. The minimum Gasteiger partial charge on any atom is -0.336 e. The molecule has 1 aromatic heterocycles. The summed E-state index contributed by atoms with van der Waals surface area (Å²) >= 11 is 3.54. The first-order chi connectivity index (χ1) is 9.86. The molecule has 0 amide bonds. The third kappa shape index (κ3) is 4.68. The van der Waals surface area contributed by atoms with Crippen LogP contribution in [0, 0.1) is 5.41 Å². The highest BCUT2D eigenvalue weighted by atomic mass is 79.9. The van der Waals surface area contributed by atoms with E-state index in [4.69, 9.17) is 0 Å². The van der Waals surface area contributed by atoms with Crippen molar-refractivity contribution < 1.29 is 0 Å². The van der Waals surface area contributed by atoms with Crippen molar-refractivity contribution in [1.82, 2.24) is 14.9 Å². The Morgan fingerprint density at radius 1 is 1.33 bits per heavy atom. The SMILES string of the molecule is CC(NC(Cn1ccnc1)C(C)(C)C)c1cccc(Br)c1. The van der Waals surface area contributed by atoms with Gasteiger partial charge in [0.2, 0.25) is 0 Å². The van der Waals surface area contributed by atoms with Crippen molar-refractivity contribution in [3.63, 3.8) is 0 Å². The van der Waals surface area contributed by atoms with Crippen LogP contribution in [-0.4, -0.2) is 15.6 Å². The molecular weight excluding hydrogens is 326 g/mol. The lowest BCUT2D eigenvalue weighted by Gasteiger charge is -2.34. The minimum atomic E-state index is 0.171. The Kier molecular flexibility index (Phi) is 5.22. The summed E-state index contributed by atoms with van der Waals surface area (Å²) in [6.45, 7) is 9.95. The predicted octanol–water partition coefficient (Wildman–Crippen LogP) is 4.41. The monoisotopic (exact) mass is 349 g/mol. The molecule has 2 atom stereocenters. The smallest absolute Gasteiger partial charge is 0.0946 e. The Hall–Kier alpha value is -1.13. The van der Waals surface area contributed by atoms with Crippen LogP contribution in [0.2, 0.25) is 0 Å². The summed E-state index contributed by atoms with van der Waals surface area (Å²) in [5.74, 6) is 0. The van der Waals surface area contributed by atoms with Crippen molar-refractivity contribution in [2.75, 3.05) is 0 Å². The zero-order valence-corrected chi connectivity index (χ0v) is 14.8. The number of hydrogen-bond donors (Lipinski definition) is 1. The molecule has 3 nitrogen and oxygen atoms in total. The maximum absolute atomic E-state index is 4.14. The van der Waals surface area contributed by atoms with E-state index in [9.17, 15) is 0 Å². The van der Waals surface area contributed by atoms with Crippen LogP contribution < -0.4 is 5.32 Å². The first-order valence-corrected chi connectivity index (χ1v) is 8.13. The highest BCUT2D eigenvalue weighted by molar-refractivity contribution is 9.10. The van der Waals surface area contributed by atoms with Crippen molar-refractivity contribution in [2.45, 2.75) is 46.3 Å². The second-order valence-corrected chi connectivity index (χ2v) is 7.54. The lowest BCUT2D eigenvalue weighted by molar-refractivity contribution is 0.225. The van der Waals surface area contributed by atoms with Crippen LogP contribution in [0.4, 0.5) is 0 Å². The van der Waals surface area contributed by atoms with Crippen LogP contribution in [0.15, 0.2) is 47.5 Å². The zero-order valence-electron chi connectivity index (χ0n) is 13.2. The standard InChI is InChI=1S/C17H24BrN3/c1-13(14-6-5-7-15(18)10-14)20-16(17(2,3)4)11-21-9-8-19-12-21/h5-10,12-13,16,20H,11H2,1-4H3. The van der Waals surface area contributed by atoms with Gasteiger partial charge >= 0.3 is 0 Å². The molecule has 0 saturated carbocycles. The number of nitrogens with one attached hydrogen (secondary N) is 1. The fourth-order valence-electron chi connectivity index (χ4n) is 2.36. The van der Waals surface area contributed by atoms with E-state index in [0.29, 0.717) is 12.1 Å². The van der Waals surface area contributed by atoms with Gasteiger partial charge in [0.1, 0.15) is 0 Å². The zero-order chi connectivity index (χ0) is 15.5. The second-order valence-electron chi connectivity index (χ2n) is 6.62. The van der Waals surface area contributed by atoms with Gasteiger partial charge in [-0.05, 0) is 30.0 Å². The fourth-order valence-corrected chi connectivity index (χ4v) is 2.77. The van der Waals surface area contributed by atoms with Gasteiger partial charge in [-0.15, -0.1) is 0 Å². The quantitative estimate of drug-likeness (QED) is 0.866. The van der Waals surface area contributed by atoms with Gasteiger partial charge in [0.05, 0.1) is 6.33 Å². The van der Waals surface area contributed by atoms with Crippen LogP contribution in [0.3, 0.4) is 0 Å². The van der Waals surface area contributed by atoms with Crippen molar-refractivity contribution in [3.05, 3.63) is 53.0 Å². The number of benzene rings is 1. The van der Waals surface area contributed by atoms with E-state index >= 15 is 0 Å². The van der Waals surface area contributed by atoms with Gasteiger partial charge in [-0.1, -0.05) is 48.8 Å². The number of halogens is 1. The molecular formula is C17H24BrN3. The number of nitrogens with zero attached hydrogens (tertiary/aromatic N) is 2. The molecule has 0 aliphatic rings. The summed E-state index contributed by atoms with van der Waals surface area (Å²) in [4.78, 5) is 4.14. The molecule has 2 unspecified atom stereocenters. The third-order valence-corrected chi connectivity index (χ3v) is 4.29. The maximum Gasteiger partial charge on any atom is 0.0946 e. The lowest BCUT2D eigenvalue weighted by atomic mass is 9.85. The molecule has 1 heterocycles. The number of imidazole rings is 1. The average molecular weight is 350 g/mol. The molecule has 0 fully saturated rings. The van der Waals surface area contributed by atoms with E-state index in [2.05, 4.69) is 82.8 Å². The van der Waals surface area contributed by atoms with Crippen molar-refractivity contribution in [2.24, 2.45) is 5.41 Å². The first kappa shape index (κ1) is 16.2. The molecule has 1 aromatic carbocycles. The third-order valence-electron chi connectivity index (χ3n) is 3.80. The summed E-state index contributed by atoms with van der Waals surface area (Å²) in [5, 5.41) is 3.77. The summed E-state index contributed by atoms with van der Waals surface area (Å²) in [6.07, 6.45) is 5.73. The minimum absolute atomic E-state index is 0.171. The van der Waals surface area contributed by atoms with Gasteiger partial charge in [-0.3, -0.25) is 0 Å². The summed E-state index contributed by atoms with van der Waals surface area (Å²) in [6, 6.07) is 9.15. The Labute approximate surface area is 135 Å². The molecule has 2 aromatic rings. The van der Waals surface area contributed by atoms with E-state index in [0.717, 1.165) is 11.0 Å². The van der Waals surface area contributed by atoms with E-state index in [-0.39, 0.29) is 5.41 Å². The molecule has 114 valence electrons. The fraction of sp³-hybridized carbons (Fsp3) is 0.471. The highest BCUT2D eigenvalue weighted by Crippen LogP contribution is 2.25. The Morgan fingerprint density at radius 2 is 2.10 bits per heavy atom. The van der Waals surface area contributed by atoms with Crippen molar-refractivity contribution in [3.8, 4) is 0 Å². The molecule has 2 rings (SSSR count). The molecule has 0 aliphatic heterocycles. The first-order valence-electron chi connectivity index (χ1n) is 7.33. The number of aromatic nitrogens is 2. The molecule has 0 saturated heterocycles.